The second kappa shape index (κ2) is 5.81. The lowest BCUT2D eigenvalue weighted by Crippen LogP contribution is -2.13. The number of aromatic nitrogens is 3. The van der Waals surface area contributed by atoms with E-state index in [1.54, 1.807) is 17.5 Å². The predicted octanol–water partition coefficient (Wildman–Crippen LogP) is 2.03. The number of nitrogens with one attached hydrogen (secondary N) is 2. The summed E-state index contributed by atoms with van der Waals surface area (Å²) in [4.78, 5) is 13.7. The minimum Gasteiger partial charge on any atom is -0.369 e. The Morgan fingerprint density at radius 2 is 2.20 bits per heavy atom. The number of hydrazine groups is 1. The van der Waals surface area contributed by atoms with Crippen LogP contribution in [0.25, 0.3) is 10.2 Å². The highest BCUT2D eigenvalue weighted by atomic mass is 32.1. The quantitative estimate of drug-likeness (QED) is 0.491. The van der Waals surface area contributed by atoms with E-state index in [0.717, 1.165) is 29.0 Å². The second-order valence-corrected chi connectivity index (χ2v) is 5.11. The number of fused-ring (bicyclic) bond motifs is 1. The molecule has 102 valence electrons. The number of anilines is 2. The molecule has 7 heteroatoms. The van der Waals surface area contributed by atoms with E-state index in [-0.39, 0.29) is 0 Å². The molecule has 4 N–H and O–H groups in total. The third kappa shape index (κ3) is 2.68. The monoisotopic (exact) mass is 286 g/mol. The molecule has 20 heavy (non-hydrogen) atoms. The van der Waals surface area contributed by atoms with Crippen LogP contribution in [0, 0.1) is 0 Å². The second-order valence-electron chi connectivity index (χ2n) is 4.22. The fourth-order valence-electron chi connectivity index (χ4n) is 1.93. The summed E-state index contributed by atoms with van der Waals surface area (Å²) in [6.07, 6.45) is 4.53. The highest BCUT2D eigenvalue weighted by Crippen LogP contribution is 2.26. The van der Waals surface area contributed by atoms with Crippen molar-refractivity contribution in [1.29, 1.82) is 0 Å². The lowest BCUT2D eigenvalue weighted by atomic mass is 10.2. The molecule has 0 atom stereocenters. The smallest absolute Gasteiger partial charge is 0.240 e. The van der Waals surface area contributed by atoms with Crippen LogP contribution in [-0.2, 0) is 6.42 Å². The Labute approximate surface area is 120 Å². The molecule has 3 rings (SSSR count). The number of hydrogen-bond acceptors (Lipinski definition) is 7. The Bertz CT molecular complexity index is 696. The van der Waals surface area contributed by atoms with Gasteiger partial charge in [-0.15, -0.1) is 11.3 Å². The van der Waals surface area contributed by atoms with Gasteiger partial charge in [0, 0.05) is 18.9 Å². The maximum Gasteiger partial charge on any atom is 0.240 e. The molecule has 3 heterocycles. The zero-order valence-electron chi connectivity index (χ0n) is 10.7. The van der Waals surface area contributed by atoms with Crippen molar-refractivity contribution in [3.63, 3.8) is 0 Å². The Kier molecular flexibility index (Phi) is 3.71. The molecule has 0 aromatic carbocycles. The van der Waals surface area contributed by atoms with E-state index in [4.69, 9.17) is 5.84 Å². The molecule has 0 fully saturated rings. The third-order valence-electron chi connectivity index (χ3n) is 2.88. The van der Waals surface area contributed by atoms with Crippen molar-refractivity contribution in [2.24, 2.45) is 5.84 Å². The largest absolute Gasteiger partial charge is 0.369 e. The van der Waals surface area contributed by atoms with Gasteiger partial charge in [-0.25, -0.2) is 10.8 Å². The highest BCUT2D eigenvalue weighted by Gasteiger charge is 2.07. The summed E-state index contributed by atoms with van der Waals surface area (Å²) in [6.45, 7) is 0.775. The van der Waals surface area contributed by atoms with E-state index in [9.17, 15) is 0 Å². The van der Waals surface area contributed by atoms with Crippen LogP contribution >= 0.6 is 11.3 Å². The summed E-state index contributed by atoms with van der Waals surface area (Å²) < 4.78 is 0. The van der Waals surface area contributed by atoms with Gasteiger partial charge in [0.15, 0.2) is 0 Å². The van der Waals surface area contributed by atoms with E-state index < -0.39 is 0 Å². The fraction of sp³-hybridized carbons (Fsp3) is 0.154. The van der Waals surface area contributed by atoms with Gasteiger partial charge in [0.25, 0.3) is 0 Å². The summed E-state index contributed by atoms with van der Waals surface area (Å²) >= 11 is 1.56. The predicted molar refractivity (Wildman–Crippen MR) is 81.7 cm³/mol. The van der Waals surface area contributed by atoms with Crippen LogP contribution in [0.4, 0.5) is 11.8 Å². The van der Waals surface area contributed by atoms with Crippen LogP contribution in [0.2, 0.25) is 0 Å². The molecule has 0 bridgehead atoms. The van der Waals surface area contributed by atoms with E-state index in [0.29, 0.717) is 5.95 Å². The molecule has 0 aliphatic heterocycles. The van der Waals surface area contributed by atoms with Gasteiger partial charge in [0.05, 0.1) is 5.39 Å². The molecule has 0 saturated heterocycles. The number of nitrogens with two attached hydrogens (primary N) is 1. The van der Waals surface area contributed by atoms with Crippen LogP contribution < -0.4 is 16.6 Å². The van der Waals surface area contributed by atoms with E-state index >= 15 is 0 Å². The van der Waals surface area contributed by atoms with Gasteiger partial charge in [-0.3, -0.25) is 10.4 Å². The van der Waals surface area contributed by atoms with Gasteiger partial charge in [0.2, 0.25) is 5.95 Å². The number of nitrogens with zero attached hydrogens (tertiary/aromatic N) is 3. The van der Waals surface area contributed by atoms with E-state index in [2.05, 4.69) is 31.8 Å². The Balaban J connectivity index is 1.75. The van der Waals surface area contributed by atoms with Crippen molar-refractivity contribution in [2.75, 3.05) is 17.3 Å². The maximum absolute atomic E-state index is 5.39. The van der Waals surface area contributed by atoms with Crippen molar-refractivity contribution >= 4 is 33.3 Å². The molecule has 0 spiro atoms. The van der Waals surface area contributed by atoms with Crippen LogP contribution in [0.3, 0.4) is 0 Å². The van der Waals surface area contributed by atoms with Gasteiger partial charge >= 0.3 is 0 Å². The standard InChI is InChI=1S/C13H14N6S/c14-19-13-17-11(10-4-7-20-12(10)18-13)16-6-3-9-2-1-5-15-8-9/h1-2,4-5,7-8H,3,6,14H2,(H2,16,17,18,19). The highest BCUT2D eigenvalue weighted by molar-refractivity contribution is 7.16. The zero-order chi connectivity index (χ0) is 13.8. The molecule has 6 nitrogen and oxygen atoms in total. The average Bonchev–Trinajstić information content (AvgIpc) is 2.96. The molecule has 3 aromatic heterocycles. The number of thiophene rings is 1. The Morgan fingerprint density at radius 1 is 1.25 bits per heavy atom. The first-order valence-corrected chi connectivity index (χ1v) is 7.09. The lowest BCUT2D eigenvalue weighted by molar-refractivity contribution is 0.993. The van der Waals surface area contributed by atoms with Crippen LogP contribution in [0.15, 0.2) is 36.0 Å². The maximum atomic E-state index is 5.39. The van der Waals surface area contributed by atoms with E-state index in [1.807, 2.05) is 23.7 Å². The topological polar surface area (TPSA) is 88.8 Å². The van der Waals surface area contributed by atoms with Gasteiger partial charge in [0.1, 0.15) is 10.6 Å². The molecule has 0 radical (unpaired) electrons. The van der Waals surface area contributed by atoms with Crippen molar-refractivity contribution in [3.05, 3.63) is 41.5 Å². The summed E-state index contributed by atoms with van der Waals surface area (Å²) in [5, 5.41) is 6.34. The van der Waals surface area contributed by atoms with Gasteiger partial charge in [-0.05, 0) is 29.5 Å². The average molecular weight is 286 g/mol. The summed E-state index contributed by atoms with van der Waals surface area (Å²) in [6, 6.07) is 6.00. The van der Waals surface area contributed by atoms with Crippen molar-refractivity contribution in [3.8, 4) is 0 Å². The minimum absolute atomic E-state index is 0.420. The number of pyridine rings is 1. The molecular formula is C13H14N6S. The summed E-state index contributed by atoms with van der Waals surface area (Å²) in [5.41, 5.74) is 3.68. The molecule has 0 saturated carbocycles. The minimum atomic E-state index is 0.420. The lowest BCUT2D eigenvalue weighted by Gasteiger charge is -2.08. The van der Waals surface area contributed by atoms with Crippen molar-refractivity contribution in [2.45, 2.75) is 6.42 Å². The van der Waals surface area contributed by atoms with Crippen LogP contribution in [0.5, 0.6) is 0 Å². The normalized spacial score (nSPS) is 10.7. The molecule has 0 aliphatic carbocycles. The van der Waals surface area contributed by atoms with E-state index in [1.165, 1.54) is 5.56 Å². The van der Waals surface area contributed by atoms with Gasteiger partial charge < -0.3 is 5.32 Å². The first-order chi connectivity index (χ1) is 9.86. The summed E-state index contributed by atoms with van der Waals surface area (Å²) in [7, 11) is 0. The molecule has 0 unspecified atom stereocenters. The number of hydrogen-bond donors (Lipinski definition) is 3. The number of nitrogen functional groups attached to an aromatic ring is 1. The molecule has 0 aliphatic rings. The number of rotatable bonds is 5. The first-order valence-electron chi connectivity index (χ1n) is 6.21. The molecule has 3 aromatic rings. The molecular weight excluding hydrogens is 272 g/mol. The Morgan fingerprint density at radius 3 is 3.00 bits per heavy atom. The van der Waals surface area contributed by atoms with Crippen LogP contribution in [-0.4, -0.2) is 21.5 Å². The van der Waals surface area contributed by atoms with Gasteiger partial charge in [-0.1, -0.05) is 6.07 Å². The Hall–Kier alpha value is -2.25. The third-order valence-corrected chi connectivity index (χ3v) is 3.69. The fourth-order valence-corrected chi connectivity index (χ4v) is 2.69. The molecule has 0 amide bonds. The van der Waals surface area contributed by atoms with Gasteiger partial charge in [-0.2, -0.15) is 4.98 Å². The summed E-state index contributed by atoms with van der Waals surface area (Å²) in [5.74, 6) is 6.61. The van der Waals surface area contributed by atoms with Crippen LogP contribution in [0.1, 0.15) is 5.56 Å². The SMILES string of the molecule is NNc1nc(NCCc2cccnc2)c2ccsc2n1. The first kappa shape index (κ1) is 12.8. The zero-order valence-corrected chi connectivity index (χ0v) is 11.5. The van der Waals surface area contributed by atoms with Crippen molar-refractivity contribution < 1.29 is 0 Å². The van der Waals surface area contributed by atoms with Crippen molar-refractivity contribution in [1.82, 2.24) is 15.0 Å².